The summed E-state index contributed by atoms with van der Waals surface area (Å²) in [6, 6.07) is 6.15. The number of rotatable bonds is 5. The van der Waals surface area contributed by atoms with E-state index < -0.39 is 33.9 Å². The first-order chi connectivity index (χ1) is 7.79. The van der Waals surface area contributed by atoms with Crippen LogP contribution in [-0.4, -0.2) is 30.3 Å². The van der Waals surface area contributed by atoms with Crippen LogP contribution in [0.3, 0.4) is 0 Å². The molecular formula is C10H11NO5S. The molecule has 1 aromatic rings. The SMILES string of the molecule is Nc1ccccc1C(=O)CC(=O)CS(=O)(=O)O. The van der Waals surface area contributed by atoms with Gasteiger partial charge in [-0.25, -0.2) is 0 Å². The highest BCUT2D eigenvalue weighted by atomic mass is 32.2. The Kier molecular flexibility index (Phi) is 3.97. The Morgan fingerprint density at radius 2 is 1.82 bits per heavy atom. The van der Waals surface area contributed by atoms with E-state index in [-0.39, 0.29) is 11.3 Å². The van der Waals surface area contributed by atoms with Crippen molar-refractivity contribution < 1.29 is 22.6 Å². The molecule has 1 aromatic carbocycles. The van der Waals surface area contributed by atoms with Crippen molar-refractivity contribution in [2.24, 2.45) is 0 Å². The Labute approximate surface area is 98.2 Å². The first kappa shape index (κ1) is 13.3. The second-order valence-corrected chi connectivity index (χ2v) is 4.90. The van der Waals surface area contributed by atoms with Gasteiger partial charge in [0.05, 0.1) is 6.42 Å². The van der Waals surface area contributed by atoms with E-state index >= 15 is 0 Å². The number of carbonyl (C=O) groups is 2. The maximum absolute atomic E-state index is 11.6. The van der Waals surface area contributed by atoms with Crippen LogP contribution in [0.1, 0.15) is 16.8 Å². The molecule has 7 heteroatoms. The van der Waals surface area contributed by atoms with E-state index in [1.807, 2.05) is 0 Å². The summed E-state index contributed by atoms with van der Waals surface area (Å²) < 4.78 is 29.3. The first-order valence-corrected chi connectivity index (χ1v) is 6.25. The van der Waals surface area contributed by atoms with Crippen LogP contribution in [0.4, 0.5) is 5.69 Å². The second-order valence-electron chi connectivity index (χ2n) is 3.45. The van der Waals surface area contributed by atoms with Gasteiger partial charge in [0.25, 0.3) is 10.1 Å². The first-order valence-electron chi connectivity index (χ1n) is 4.64. The number of nitrogens with two attached hydrogens (primary N) is 1. The van der Waals surface area contributed by atoms with E-state index in [1.165, 1.54) is 12.1 Å². The maximum Gasteiger partial charge on any atom is 0.272 e. The van der Waals surface area contributed by atoms with Gasteiger partial charge in [0, 0.05) is 11.3 Å². The number of ketones is 2. The highest BCUT2D eigenvalue weighted by molar-refractivity contribution is 7.86. The fraction of sp³-hybridized carbons (Fsp3) is 0.200. The minimum atomic E-state index is -4.39. The number of benzene rings is 1. The minimum absolute atomic E-state index is 0.163. The summed E-state index contributed by atoms with van der Waals surface area (Å²) in [4.78, 5) is 22.7. The van der Waals surface area contributed by atoms with Gasteiger partial charge in [-0.15, -0.1) is 0 Å². The largest absolute Gasteiger partial charge is 0.398 e. The smallest absolute Gasteiger partial charge is 0.272 e. The van der Waals surface area contributed by atoms with Crippen LogP contribution in [0.25, 0.3) is 0 Å². The molecule has 0 saturated heterocycles. The van der Waals surface area contributed by atoms with Crippen LogP contribution < -0.4 is 5.73 Å². The fourth-order valence-corrected chi connectivity index (χ4v) is 1.79. The molecule has 0 aromatic heterocycles. The van der Waals surface area contributed by atoms with E-state index in [1.54, 1.807) is 12.1 Å². The van der Waals surface area contributed by atoms with Crippen molar-refractivity contribution in [1.29, 1.82) is 0 Å². The number of nitrogen functional groups attached to an aromatic ring is 1. The lowest BCUT2D eigenvalue weighted by Crippen LogP contribution is -2.18. The number of hydrogen-bond acceptors (Lipinski definition) is 5. The predicted molar refractivity (Wildman–Crippen MR) is 61.2 cm³/mol. The van der Waals surface area contributed by atoms with Gasteiger partial charge in [-0.1, -0.05) is 12.1 Å². The van der Waals surface area contributed by atoms with Gasteiger partial charge >= 0.3 is 0 Å². The Morgan fingerprint density at radius 1 is 1.24 bits per heavy atom. The van der Waals surface area contributed by atoms with Crippen molar-refractivity contribution in [3.63, 3.8) is 0 Å². The lowest BCUT2D eigenvalue weighted by atomic mass is 10.0. The standard InChI is InChI=1S/C10H11NO5S/c11-9-4-2-1-3-8(9)10(13)5-7(12)6-17(14,15)16/h1-4H,5-6,11H2,(H,14,15,16). The second kappa shape index (κ2) is 5.07. The van der Waals surface area contributed by atoms with Gasteiger partial charge < -0.3 is 5.73 Å². The van der Waals surface area contributed by atoms with Crippen molar-refractivity contribution in [1.82, 2.24) is 0 Å². The van der Waals surface area contributed by atoms with Crippen LogP contribution in [0.15, 0.2) is 24.3 Å². The summed E-state index contributed by atoms with van der Waals surface area (Å²) in [7, 11) is -4.39. The van der Waals surface area contributed by atoms with Crippen molar-refractivity contribution in [2.45, 2.75) is 6.42 Å². The molecule has 0 bridgehead atoms. The third-order valence-electron chi connectivity index (χ3n) is 1.96. The molecule has 0 unspecified atom stereocenters. The molecule has 3 N–H and O–H groups in total. The fourth-order valence-electron chi connectivity index (χ4n) is 1.28. The molecule has 0 aliphatic rings. The molecule has 6 nitrogen and oxygen atoms in total. The van der Waals surface area contributed by atoms with E-state index in [9.17, 15) is 18.0 Å². The number of carbonyl (C=O) groups excluding carboxylic acids is 2. The quantitative estimate of drug-likeness (QED) is 0.339. The van der Waals surface area contributed by atoms with Crippen LogP contribution in [0, 0.1) is 0 Å². The van der Waals surface area contributed by atoms with Crippen molar-refractivity contribution in [2.75, 3.05) is 11.5 Å². The van der Waals surface area contributed by atoms with Gasteiger partial charge in [-0.05, 0) is 12.1 Å². The van der Waals surface area contributed by atoms with Crippen LogP contribution in [-0.2, 0) is 14.9 Å². The third kappa shape index (κ3) is 4.33. The summed E-state index contributed by atoms with van der Waals surface area (Å²) in [5.74, 6) is -2.51. The number of Topliss-reactive ketones (excluding diaryl/α,β-unsaturated/α-hetero) is 2. The van der Waals surface area contributed by atoms with Crippen LogP contribution >= 0.6 is 0 Å². The summed E-state index contributed by atoms with van der Waals surface area (Å²) >= 11 is 0. The van der Waals surface area contributed by atoms with Gasteiger partial charge in [0.1, 0.15) is 5.75 Å². The van der Waals surface area contributed by atoms with Gasteiger partial charge in [-0.2, -0.15) is 8.42 Å². The monoisotopic (exact) mass is 257 g/mol. The van der Waals surface area contributed by atoms with Crippen LogP contribution in [0.5, 0.6) is 0 Å². The zero-order valence-corrected chi connectivity index (χ0v) is 9.61. The van der Waals surface area contributed by atoms with Gasteiger partial charge in [0.2, 0.25) is 0 Å². The van der Waals surface area contributed by atoms with Crippen LogP contribution in [0.2, 0.25) is 0 Å². The summed E-state index contributed by atoms with van der Waals surface area (Å²) in [5, 5.41) is 0. The molecule has 0 amide bonds. The predicted octanol–water partition coefficient (Wildman–Crippen LogP) is 0.299. The summed E-state index contributed by atoms with van der Waals surface area (Å²) in [6.45, 7) is 0. The molecule has 0 atom stereocenters. The lowest BCUT2D eigenvalue weighted by molar-refractivity contribution is -0.115. The maximum atomic E-state index is 11.6. The summed E-state index contributed by atoms with van der Waals surface area (Å²) in [5.41, 5.74) is 5.91. The Hall–Kier alpha value is -1.73. The normalized spacial score (nSPS) is 11.1. The summed E-state index contributed by atoms with van der Waals surface area (Å²) in [6.07, 6.45) is -0.603. The van der Waals surface area contributed by atoms with Gasteiger partial charge in [0.15, 0.2) is 11.6 Å². The molecule has 0 saturated carbocycles. The van der Waals surface area contributed by atoms with Crippen molar-refractivity contribution >= 4 is 27.4 Å². The number of para-hydroxylation sites is 1. The minimum Gasteiger partial charge on any atom is -0.398 e. The molecule has 17 heavy (non-hydrogen) atoms. The van der Waals surface area contributed by atoms with E-state index in [2.05, 4.69) is 0 Å². The Bertz CT molecular complexity index is 550. The highest BCUT2D eigenvalue weighted by Crippen LogP contribution is 2.13. The average Bonchev–Trinajstić information content (AvgIpc) is 2.14. The zero-order valence-electron chi connectivity index (χ0n) is 8.79. The zero-order chi connectivity index (χ0) is 13.1. The molecule has 0 aliphatic carbocycles. The average molecular weight is 257 g/mol. The highest BCUT2D eigenvalue weighted by Gasteiger charge is 2.18. The molecule has 1 rings (SSSR count). The Morgan fingerprint density at radius 3 is 2.35 bits per heavy atom. The molecule has 92 valence electrons. The Balaban J connectivity index is 2.74. The number of anilines is 1. The molecule has 0 heterocycles. The third-order valence-corrected chi connectivity index (χ3v) is 2.65. The molecule has 0 radical (unpaired) electrons. The molecule has 0 aliphatic heterocycles. The van der Waals surface area contributed by atoms with E-state index in [0.29, 0.717) is 0 Å². The topological polar surface area (TPSA) is 115 Å². The van der Waals surface area contributed by atoms with Gasteiger partial charge in [-0.3, -0.25) is 14.1 Å². The molecule has 0 fully saturated rings. The van der Waals surface area contributed by atoms with Crippen molar-refractivity contribution in [3.05, 3.63) is 29.8 Å². The molecular weight excluding hydrogens is 246 g/mol. The molecule has 0 spiro atoms. The number of hydrogen-bond donors (Lipinski definition) is 2. The van der Waals surface area contributed by atoms with E-state index in [4.69, 9.17) is 10.3 Å². The van der Waals surface area contributed by atoms with E-state index in [0.717, 1.165) is 0 Å². The van der Waals surface area contributed by atoms with Crippen molar-refractivity contribution in [3.8, 4) is 0 Å². The lowest BCUT2D eigenvalue weighted by Gasteiger charge is -2.03.